The van der Waals surface area contributed by atoms with E-state index in [1.165, 1.54) is 18.2 Å². The van der Waals surface area contributed by atoms with Gasteiger partial charge in [0.05, 0.1) is 10.5 Å². The van der Waals surface area contributed by atoms with Crippen LogP contribution >= 0.6 is 11.6 Å². The van der Waals surface area contributed by atoms with Gasteiger partial charge < -0.3 is 9.84 Å². The quantitative estimate of drug-likeness (QED) is 0.489. The van der Waals surface area contributed by atoms with Crippen molar-refractivity contribution in [3.8, 4) is 11.5 Å². The van der Waals surface area contributed by atoms with Crippen molar-refractivity contribution in [1.29, 1.82) is 0 Å². The first-order chi connectivity index (χ1) is 13.9. The van der Waals surface area contributed by atoms with Crippen LogP contribution in [0.5, 0.6) is 11.5 Å². The zero-order valence-corrected chi connectivity index (χ0v) is 16.6. The molecule has 0 radical (unpaired) electrons. The zero-order valence-electron chi connectivity index (χ0n) is 15.9. The molecule has 0 aromatic heterocycles. The second kappa shape index (κ2) is 7.52. The minimum atomic E-state index is -0.557. The summed E-state index contributed by atoms with van der Waals surface area (Å²) in [5.74, 6) is 1.04. The fourth-order valence-corrected chi connectivity index (χ4v) is 4.51. The molecule has 2 aromatic rings. The molecular weight excluding hydrogens is 394 g/mol. The fourth-order valence-electron chi connectivity index (χ4n) is 4.27. The van der Waals surface area contributed by atoms with E-state index in [9.17, 15) is 20.0 Å². The number of fused-ring (bicyclic) bond motifs is 2. The maximum atomic E-state index is 12.9. The molecule has 0 amide bonds. The molecule has 2 aromatic carbocycles. The van der Waals surface area contributed by atoms with Gasteiger partial charge in [-0.05, 0) is 55.0 Å². The number of hydrogen-bond acceptors (Lipinski definition) is 5. The molecule has 150 valence electrons. The van der Waals surface area contributed by atoms with Gasteiger partial charge in [-0.1, -0.05) is 24.6 Å². The topological polar surface area (TPSA) is 89.7 Å². The van der Waals surface area contributed by atoms with Gasteiger partial charge in [0.2, 0.25) is 0 Å². The van der Waals surface area contributed by atoms with Crippen LogP contribution in [0.25, 0.3) is 5.57 Å². The van der Waals surface area contributed by atoms with Gasteiger partial charge in [0.15, 0.2) is 5.78 Å². The third-order valence-corrected chi connectivity index (χ3v) is 6.08. The molecule has 1 fully saturated rings. The van der Waals surface area contributed by atoms with Gasteiger partial charge in [0, 0.05) is 24.0 Å². The van der Waals surface area contributed by atoms with Crippen LogP contribution < -0.4 is 4.74 Å². The molecule has 4 rings (SSSR count). The number of nitrogens with zero attached hydrogens (tertiary/aromatic N) is 1. The molecule has 2 aliphatic rings. The Labute approximate surface area is 172 Å². The van der Waals surface area contributed by atoms with Crippen LogP contribution in [0.3, 0.4) is 0 Å². The van der Waals surface area contributed by atoms with Crippen LogP contribution in [0.4, 0.5) is 5.69 Å². The summed E-state index contributed by atoms with van der Waals surface area (Å²) in [5.41, 5.74) is 1.86. The van der Waals surface area contributed by atoms with Crippen LogP contribution in [0.2, 0.25) is 5.02 Å². The third-order valence-electron chi connectivity index (χ3n) is 5.78. The van der Waals surface area contributed by atoms with Gasteiger partial charge in [-0.15, -0.1) is 0 Å². The Morgan fingerprint density at radius 1 is 1.17 bits per heavy atom. The fraction of sp³-hybridized carbons (Fsp3) is 0.318. The molecule has 6 nitrogen and oxygen atoms in total. The summed E-state index contributed by atoms with van der Waals surface area (Å²) in [6.45, 7) is 2.00. The number of carbonyl (C=O) groups excluding carboxylic acids is 1. The highest BCUT2D eigenvalue weighted by atomic mass is 35.5. The number of aliphatic hydroxyl groups excluding tert-OH is 1. The molecular formula is C22H20ClNO5. The first-order valence-corrected chi connectivity index (χ1v) is 9.99. The molecule has 0 unspecified atom stereocenters. The molecule has 1 saturated carbocycles. The smallest absolute Gasteiger partial charge is 0.288 e. The Morgan fingerprint density at radius 2 is 1.86 bits per heavy atom. The van der Waals surface area contributed by atoms with Gasteiger partial charge in [0.25, 0.3) is 5.69 Å². The Kier molecular flexibility index (Phi) is 5.04. The number of ketones is 1. The predicted octanol–water partition coefficient (Wildman–Crippen LogP) is 5.87. The lowest BCUT2D eigenvalue weighted by atomic mass is 9.81. The van der Waals surface area contributed by atoms with Gasteiger partial charge in [-0.3, -0.25) is 14.9 Å². The van der Waals surface area contributed by atoms with E-state index < -0.39 is 4.92 Å². The van der Waals surface area contributed by atoms with Crippen molar-refractivity contribution in [2.24, 2.45) is 11.8 Å². The monoisotopic (exact) mass is 413 g/mol. The number of carbonyl (C=O) groups is 1. The van der Waals surface area contributed by atoms with E-state index in [2.05, 4.69) is 0 Å². The Morgan fingerprint density at radius 3 is 2.55 bits per heavy atom. The molecule has 2 aliphatic carbocycles. The normalized spacial score (nSPS) is 20.8. The first kappa shape index (κ1) is 19.5. The maximum Gasteiger partial charge on any atom is 0.288 e. The number of aryl methyl sites for hydroxylation is 1. The summed E-state index contributed by atoms with van der Waals surface area (Å²) in [5, 5.41) is 21.6. The molecule has 0 heterocycles. The largest absolute Gasteiger partial charge is 0.511 e. The molecule has 2 bridgehead atoms. The number of rotatable bonds is 5. The summed E-state index contributed by atoms with van der Waals surface area (Å²) in [6, 6.07) is 9.55. The number of nitro groups is 1. The summed E-state index contributed by atoms with van der Waals surface area (Å²) in [7, 11) is 0. The van der Waals surface area contributed by atoms with Gasteiger partial charge >= 0.3 is 0 Å². The summed E-state index contributed by atoms with van der Waals surface area (Å²) >= 11 is 5.96. The highest BCUT2D eigenvalue weighted by Crippen LogP contribution is 2.46. The molecule has 29 heavy (non-hydrogen) atoms. The summed E-state index contributed by atoms with van der Waals surface area (Å²) in [6.07, 6.45) is 3.09. The Hall–Kier alpha value is -2.86. The highest BCUT2D eigenvalue weighted by Gasteiger charge is 2.41. The number of hydrogen-bond donors (Lipinski definition) is 1. The molecule has 0 spiro atoms. The number of nitro benzene ring substituents is 1. The van der Waals surface area contributed by atoms with Crippen molar-refractivity contribution in [3.63, 3.8) is 0 Å². The highest BCUT2D eigenvalue weighted by molar-refractivity contribution is 6.32. The molecule has 0 aliphatic heterocycles. The van der Waals surface area contributed by atoms with Crippen LogP contribution in [-0.4, -0.2) is 15.8 Å². The van der Waals surface area contributed by atoms with Crippen LogP contribution in [0.15, 0.2) is 42.2 Å². The number of allylic oxidation sites excluding steroid dienone is 2. The number of aliphatic hydroxyl groups is 1. The van der Waals surface area contributed by atoms with E-state index in [1.54, 1.807) is 12.1 Å². The summed E-state index contributed by atoms with van der Waals surface area (Å²) in [4.78, 5) is 23.3. The van der Waals surface area contributed by atoms with Gasteiger partial charge in [0.1, 0.15) is 22.3 Å². The van der Waals surface area contributed by atoms with Crippen molar-refractivity contribution in [2.75, 3.05) is 0 Å². The lowest BCUT2D eigenvalue weighted by Gasteiger charge is -2.23. The lowest BCUT2D eigenvalue weighted by molar-refractivity contribution is -0.384. The van der Waals surface area contributed by atoms with Crippen molar-refractivity contribution >= 4 is 28.6 Å². The van der Waals surface area contributed by atoms with E-state index in [4.69, 9.17) is 16.3 Å². The standard InChI is InChI=1S/C22H20ClNO5/c1-2-12-5-6-15(29-16-7-8-19(24(27)28)18(23)11-16)10-17(12)20-21(25)13-3-4-14(9-13)22(20)26/h5-8,10-11,13-14,25H,2-4,9H2,1H3/t13-,14+/m1/s1. The van der Waals surface area contributed by atoms with Crippen molar-refractivity contribution in [3.05, 3.63) is 68.4 Å². The molecule has 0 saturated heterocycles. The SMILES string of the molecule is CCc1ccc(Oc2ccc([N+](=O)[O-])c(Cl)c2)cc1C1=C(O)[C@@H]2CC[C@@H](C2)C1=O. The number of Topliss-reactive ketones (excluding diaryl/α,β-unsaturated/α-hetero) is 1. The van der Waals surface area contributed by atoms with Crippen molar-refractivity contribution in [1.82, 2.24) is 0 Å². The molecule has 2 atom stereocenters. The van der Waals surface area contributed by atoms with E-state index in [1.807, 2.05) is 13.0 Å². The van der Waals surface area contributed by atoms with Gasteiger partial charge in [-0.25, -0.2) is 0 Å². The van der Waals surface area contributed by atoms with Crippen LogP contribution in [0, 0.1) is 22.0 Å². The van der Waals surface area contributed by atoms with Crippen LogP contribution in [0.1, 0.15) is 37.3 Å². The number of ether oxygens (including phenoxy) is 1. The molecule has 7 heteroatoms. The van der Waals surface area contributed by atoms with E-state index >= 15 is 0 Å². The van der Waals surface area contributed by atoms with Gasteiger partial charge in [-0.2, -0.15) is 0 Å². The first-order valence-electron chi connectivity index (χ1n) is 9.61. The van der Waals surface area contributed by atoms with Crippen molar-refractivity contribution in [2.45, 2.75) is 32.6 Å². The lowest BCUT2D eigenvalue weighted by Crippen LogP contribution is -2.21. The average molecular weight is 414 g/mol. The Balaban J connectivity index is 1.71. The average Bonchev–Trinajstić information content (AvgIpc) is 3.14. The van der Waals surface area contributed by atoms with Crippen LogP contribution in [-0.2, 0) is 11.2 Å². The third kappa shape index (κ3) is 3.49. The molecule has 1 N–H and O–H groups in total. The predicted molar refractivity (Wildman–Crippen MR) is 109 cm³/mol. The van der Waals surface area contributed by atoms with E-state index in [0.717, 1.165) is 24.8 Å². The zero-order chi connectivity index (χ0) is 20.7. The maximum absolute atomic E-state index is 12.9. The van der Waals surface area contributed by atoms with Crippen molar-refractivity contribution < 1.29 is 19.6 Å². The van der Waals surface area contributed by atoms with E-state index in [-0.39, 0.29) is 34.1 Å². The second-order valence-corrected chi connectivity index (χ2v) is 7.88. The summed E-state index contributed by atoms with van der Waals surface area (Å²) < 4.78 is 5.84. The van der Waals surface area contributed by atoms with E-state index in [0.29, 0.717) is 29.1 Å². The second-order valence-electron chi connectivity index (χ2n) is 7.48. The minimum absolute atomic E-state index is 0.00137. The Bertz CT molecular complexity index is 1050. The number of benzene rings is 2. The number of halogens is 1. The minimum Gasteiger partial charge on any atom is -0.511 e.